The third-order valence-electron chi connectivity index (χ3n) is 7.06. The maximum atomic E-state index is 13.2. The second-order valence-electron chi connectivity index (χ2n) is 8.77. The van der Waals surface area contributed by atoms with Crippen LogP contribution in [0.15, 0.2) is 65.2 Å². The smallest absolute Gasteiger partial charge is 0.255 e. The number of nitrogens with zero attached hydrogens (tertiary/aromatic N) is 1. The zero-order valence-corrected chi connectivity index (χ0v) is 17.7. The van der Waals surface area contributed by atoms with E-state index in [1.165, 1.54) is 16.8 Å². The average Bonchev–Trinajstić information content (AvgIpc) is 3.39. The minimum absolute atomic E-state index is 0.0221. The summed E-state index contributed by atoms with van der Waals surface area (Å²) in [6.07, 6.45) is 11.7. The van der Waals surface area contributed by atoms with Gasteiger partial charge < -0.3 is 10.2 Å². The minimum Gasteiger partial charge on any atom is -0.370 e. The lowest BCUT2D eigenvalue weighted by Crippen LogP contribution is -2.43. The molecule has 4 atom stereocenters. The number of nitrogens with one attached hydrogen (secondary N) is 1. The van der Waals surface area contributed by atoms with E-state index in [1.54, 1.807) is 0 Å². The highest BCUT2D eigenvalue weighted by molar-refractivity contribution is 9.10. The molecule has 4 aliphatic rings. The van der Waals surface area contributed by atoms with Crippen molar-refractivity contribution in [1.82, 2.24) is 0 Å². The SMILES string of the molecule is O=C(Nc1ccc(Br)cc1)c1cc2c3c(c1)[C@@H]1C=CC[C@@H]1CN3C[C@H]1CC=C[C@@H]21. The molecule has 6 rings (SSSR count). The van der Waals surface area contributed by atoms with Gasteiger partial charge in [-0.15, -0.1) is 0 Å². The van der Waals surface area contributed by atoms with E-state index in [2.05, 4.69) is 62.6 Å². The summed E-state index contributed by atoms with van der Waals surface area (Å²) in [5, 5.41) is 3.08. The van der Waals surface area contributed by atoms with E-state index in [0.717, 1.165) is 41.7 Å². The van der Waals surface area contributed by atoms with Gasteiger partial charge in [0.05, 0.1) is 0 Å². The molecule has 1 N–H and O–H groups in total. The van der Waals surface area contributed by atoms with Gasteiger partial charge in [0.1, 0.15) is 0 Å². The summed E-state index contributed by atoms with van der Waals surface area (Å²) in [6, 6.07) is 12.1. The Morgan fingerprint density at radius 1 is 0.931 bits per heavy atom. The second-order valence-corrected chi connectivity index (χ2v) is 9.68. The zero-order valence-electron chi connectivity index (χ0n) is 16.1. The summed E-state index contributed by atoms with van der Waals surface area (Å²) >= 11 is 3.45. The maximum absolute atomic E-state index is 13.2. The quantitative estimate of drug-likeness (QED) is 0.586. The highest BCUT2D eigenvalue weighted by atomic mass is 79.9. The molecule has 0 fully saturated rings. The first-order valence-corrected chi connectivity index (χ1v) is 11.3. The molecule has 0 saturated carbocycles. The lowest BCUT2D eigenvalue weighted by molar-refractivity contribution is 0.102. The van der Waals surface area contributed by atoms with Crippen LogP contribution in [0.5, 0.6) is 0 Å². The van der Waals surface area contributed by atoms with Crippen molar-refractivity contribution < 1.29 is 4.79 Å². The van der Waals surface area contributed by atoms with E-state index in [9.17, 15) is 4.79 Å². The van der Waals surface area contributed by atoms with Crippen molar-refractivity contribution >= 4 is 33.2 Å². The number of benzene rings is 2. The van der Waals surface area contributed by atoms with Crippen LogP contribution in [0.25, 0.3) is 0 Å². The van der Waals surface area contributed by atoms with Gasteiger partial charge >= 0.3 is 0 Å². The van der Waals surface area contributed by atoms with Crippen LogP contribution < -0.4 is 10.2 Å². The molecule has 2 aromatic carbocycles. The molecule has 3 nitrogen and oxygen atoms in total. The van der Waals surface area contributed by atoms with Gasteiger partial charge in [-0.1, -0.05) is 40.2 Å². The van der Waals surface area contributed by atoms with Crippen molar-refractivity contribution in [2.45, 2.75) is 24.7 Å². The molecule has 2 heterocycles. The fourth-order valence-electron chi connectivity index (χ4n) is 5.74. The Morgan fingerprint density at radius 2 is 1.52 bits per heavy atom. The maximum Gasteiger partial charge on any atom is 0.255 e. The number of carbonyl (C=O) groups is 1. The largest absolute Gasteiger partial charge is 0.370 e. The van der Waals surface area contributed by atoms with Crippen LogP contribution in [0, 0.1) is 11.8 Å². The highest BCUT2D eigenvalue weighted by Gasteiger charge is 2.42. The van der Waals surface area contributed by atoms with Gasteiger partial charge in [0.25, 0.3) is 5.91 Å². The molecule has 1 amide bonds. The zero-order chi connectivity index (χ0) is 19.5. The Balaban J connectivity index is 1.44. The van der Waals surface area contributed by atoms with E-state index in [1.807, 2.05) is 24.3 Å². The third-order valence-corrected chi connectivity index (χ3v) is 7.59. The number of fused-ring (bicyclic) bond motifs is 4. The number of allylic oxidation sites excluding steroid dienone is 4. The summed E-state index contributed by atoms with van der Waals surface area (Å²) in [5.74, 6) is 2.16. The van der Waals surface area contributed by atoms with Crippen LogP contribution in [0.1, 0.15) is 46.2 Å². The van der Waals surface area contributed by atoms with Crippen molar-refractivity contribution in [2.75, 3.05) is 23.3 Å². The van der Waals surface area contributed by atoms with Crippen LogP contribution in [0.3, 0.4) is 0 Å². The fourth-order valence-corrected chi connectivity index (χ4v) is 6.01. The molecule has 2 aliphatic heterocycles. The molecule has 0 bridgehead atoms. The molecule has 0 radical (unpaired) electrons. The van der Waals surface area contributed by atoms with E-state index in [-0.39, 0.29) is 5.91 Å². The van der Waals surface area contributed by atoms with Crippen LogP contribution >= 0.6 is 15.9 Å². The number of rotatable bonds is 2. The number of amides is 1. The first kappa shape index (κ1) is 17.5. The molecule has 0 aromatic heterocycles. The normalized spacial score (nSPS) is 28.1. The number of hydrogen-bond acceptors (Lipinski definition) is 2. The van der Waals surface area contributed by atoms with E-state index in [0.29, 0.717) is 23.7 Å². The molecule has 0 unspecified atom stereocenters. The Kier molecular flexibility index (Phi) is 3.98. The molecule has 0 spiro atoms. The molecule has 146 valence electrons. The molecule has 2 aliphatic carbocycles. The summed E-state index contributed by atoms with van der Waals surface area (Å²) in [7, 11) is 0. The topological polar surface area (TPSA) is 32.3 Å². The number of halogens is 1. The predicted molar refractivity (Wildman–Crippen MR) is 121 cm³/mol. The van der Waals surface area contributed by atoms with Crippen molar-refractivity contribution in [3.05, 3.63) is 81.9 Å². The molecule has 4 heteroatoms. The lowest BCUT2D eigenvalue weighted by atomic mass is 9.74. The van der Waals surface area contributed by atoms with Crippen LogP contribution in [0.4, 0.5) is 11.4 Å². The summed E-state index contributed by atoms with van der Waals surface area (Å²) in [5.41, 5.74) is 5.72. The van der Waals surface area contributed by atoms with Gasteiger partial charge in [0, 0.05) is 46.3 Å². The van der Waals surface area contributed by atoms with Gasteiger partial charge in [-0.3, -0.25) is 4.79 Å². The summed E-state index contributed by atoms with van der Waals surface area (Å²) < 4.78 is 1.01. The lowest BCUT2D eigenvalue weighted by Gasteiger charge is -2.46. The predicted octanol–water partition coefficient (Wildman–Crippen LogP) is 5.85. The van der Waals surface area contributed by atoms with Crippen LogP contribution in [0.2, 0.25) is 0 Å². The minimum atomic E-state index is -0.0221. The van der Waals surface area contributed by atoms with Gasteiger partial charge in [-0.05, 0) is 72.2 Å². The number of anilines is 2. The molecular weight excluding hydrogens is 424 g/mol. The van der Waals surface area contributed by atoms with Gasteiger partial charge in [0.15, 0.2) is 0 Å². The van der Waals surface area contributed by atoms with Gasteiger partial charge in [-0.25, -0.2) is 0 Å². The Labute approximate surface area is 179 Å². The van der Waals surface area contributed by atoms with E-state index < -0.39 is 0 Å². The van der Waals surface area contributed by atoms with E-state index in [4.69, 9.17) is 0 Å². The van der Waals surface area contributed by atoms with Crippen LogP contribution in [-0.2, 0) is 0 Å². The highest BCUT2D eigenvalue weighted by Crippen LogP contribution is 2.53. The third kappa shape index (κ3) is 2.80. The number of carbonyl (C=O) groups excluding carboxylic acids is 1. The number of hydrogen-bond donors (Lipinski definition) is 1. The monoisotopic (exact) mass is 446 g/mol. The van der Waals surface area contributed by atoms with Crippen molar-refractivity contribution in [2.24, 2.45) is 11.8 Å². The summed E-state index contributed by atoms with van der Waals surface area (Å²) in [6.45, 7) is 2.29. The van der Waals surface area contributed by atoms with Crippen molar-refractivity contribution in [3.8, 4) is 0 Å². The first-order valence-electron chi connectivity index (χ1n) is 10.5. The molecular formula is C25H23BrN2O. The summed E-state index contributed by atoms with van der Waals surface area (Å²) in [4.78, 5) is 15.8. The first-order chi connectivity index (χ1) is 14.2. The fraction of sp³-hybridized carbons (Fsp3) is 0.320. The Hall–Kier alpha value is -2.33. The molecule has 0 saturated heterocycles. The van der Waals surface area contributed by atoms with Crippen molar-refractivity contribution in [1.29, 1.82) is 0 Å². The Bertz CT molecular complexity index is 1000. The van der Waals surface area contributed by atoms with E-state index >= 15 is 0 Å². The van der Waals surface area contributed by atoms with Gasteiger partial charge in [-0.2, -0.15) is 0 Å². The standard InChI is InChI=1S/C25H23BrN2O/c26-18-7-9-19(10-8-18)27-25(29)17-11-22-20-5-1-3-15(20)13-28-14-16-4-2-6-21(16)23(12-17)24(22)28/h1-2,5-12,15-16,20-21H,3-4,13-14H2,(H,27,29)/t15-,16-,20-,21-/m1/s1. The van der Waals surface area contributed by atoms with Crippen molar-refractivity contribution in [3.63, 3.8) is 0 Å². The van der Waals surface area contributed by atoms with Crippen LogP contribution in [-0.4, -0.2) is 19.0 Å². The van der Waals surface area contributed by atoms with Gasteiger partial charge in [0.2, 0.25) is 0 Å². The average molecular weight is 447 g/mol. The second kappa shape index (κ2) is 6.60. The molecule has 2 aromatic rings. The molecule has 29 heavy (non-hydrogen) atoms. The Morgan fingerprint density at radius 3 is 2.10 bits per heavy atom.